The first-order valence-electron chi connectivity index (χ1n) is 7.35. The molecule has 0 aromatic heterocycles. The van der Waals surface area contributed by atoms with Gasteiger partial charge in [-0.25, -0.2) is 0 Å². The van der Waals surface area contributed by atoms with Crippen molar-refractivity contribution in [2.45, 2.75) is 33.2 Å². The second-order valence-corrected chi connectivity index (χ2v) is 4.68. The molecule has 0 aliphatic rings. The molecule has 1 aromatic carbocycles. The van der Waals surface area contributed by atoms with Crippen LogP contribution >= 0.6 is 0 Å². The smallest absolute Gasteiger partial charge is 0.244 e. The standard InChI is InChI=1S/C17H22N2O3/c1-4-21-15-8-6-14(12-16(15)22-5-2)7-9-17(20)19-13(3)10-11-18/h6-9,12-13H,4-5,10H2,1-3H3,(H,19,20)/b9-7+/t13-/m1/s1. The quantitative estimate of drug-likeness (QED) is 0.749. The van der Waals surface area contributed by atoms with Crippen LogP contribution in [0.3, 0.4) is 0 Å². The predicted octanol–water partition coefficient (Wildman–Crippen LogP) is 2.92. The maximum atomic E-state index is 11.7. The monoisotopic (exact) mass is 302 g/mol. The van der Waals surface area contributed by atoms with Crippen molar-refractivity contribution in [2.75, 3.05) is 13.2 Å². The van der Waals surface area contributed by atoms with Crippen molar-refractivity contribution in [3.63, 3.8) is 0 Å². The summed E-state index contributed by atoms with van der Waals surface area (Å²) in [6, 6.07) is 7.36. The Kier molecular flexibility index (Phi) is 7.55. The molecule has 0 bridgehead atoms. The maximum absolute atomic E-state index is 11.7. The number of nitrogens with one attached hydrogen (secondary N) is 1. The molecule has 5 heteroatoms. The van der Waals surface area contributed by atoms with E-state index < -0.39 is 0 Å². The molecule has 0 saturated heterocycles. The molecule has 1 rings (SSSR count). The second kappa shape index (κ2) is 9.46. The van der Waals surface area contributed by atoms with Gasteiger partial charge < -0.3 is 14.8 Å². The molecule has 0 radical (unpaired) electrons. The van der Waals surface area contributed by atoms with Crippen LogP contribution in [0.15, 0.2) is 24.3 Å². The van der Waals surface area contributed by atoms with Crippen LogP contribution in [0, 0.1) is 11.3 Å². The largest absolute Gasteiger partial charge is 0.490 e. The first-order chi connectivity index (χ1) is 10.6. The van der Waals surface area contributed by atoms with E-state index in [1.807, 2.05) is 38.1 Å². The number of nitrogens with zero attached hydrogens (tertiary/aromatic N) is 1. The Labute approximate surface area is 131 Å². The lowest BCUT2D eigenvalue weighted by atomic mass is 10.2. The van der Waals surface area contributed by atoms with Crippen molar-refractivity contribution in [1.29, 1.82) is 5.26 Å². The highest BCUT2D eigenvalue weighted by atomic mass is 16.5. The van der Waals surface area contributed by atoms with Crippen LogP contribution in [-0.4, -0.2) is 25.2 Å². The molecule has 0 saturated carbocycles. The van der Waals surface area contributed by atoms with E-state index in [1.54, 1.807) is 13.0 Å². The van der Waals surface area contributed by atoms with E-state index in [0.717, 1.165) is 5.56 Å². The molecule has 1 atom stereocenters. The molecular formula is C17H22N2O3. The van der Waals surface area contributed by atoms with Gasteiger partial charge in [0.15, 0.2) is 11.5 Å². The van der Waals surface area contributed by atoms with E-state index >= 15 is 0 Å². The Morgan fingerprint density at radius 1 is 1.32 bits per heavy atom. The van der Waals surface area contributed by atoms with E-state index in [2.05, 4.69) is 5.32 Å². The molecule has 0 unspecified atom stereocenters. The van der Waals surface area contributed by atoms with Crippen LogP contribution < -0.4 is 14.8 Å². The van der Waals surface area contributed by atoms with Crippen LogP contribution in [-0.2, 0) is 4.79 Å². The zero-order chi connectivity index (χ0) is 16.4. The summed E-state index contributed by atoms with van der Waals surface area (Å²) in [6.45, 7) is 6.71. The minimum atomic E-state index is -0.227. The van der Waals surface area contributed by atoms with Crippen molar-refractivity contribution in [3.8, 4) is 17.6 Å². The summed E-state index contributed by atoms with van der Waals surface area (Å²) >= 11 is 0. The summed E-state index contributed by atoms with van der Waals surface area (Å²) < 4.78 is 11.0. The zero-order valence-corrected chi connectivity index (χ0v) is 13.3. The van der Waals surface area contributed by atoms with Gasteiger partial charge in [-0.05, 0) is 44.5 Å². The van der Waals surface area contributed by atoms with Gasteiger partial charge in [0.1, 0.15) is 0 Å². The highest BCUT2D eigenvalue weighted by molar-refractivity contribution is 5.92. The molecule has 1 N–H and O–H groups in total. The first kappa shape index (κ1) is 17.6. The third-order valence-electron chi connectivity index (χ3n) is 2.78. The van der Waals surface area contributed by atoms with Crippen molar-refractivity contribution >= 4 is 12.0 Å². The van der Waals surface area contributed by atoms with Gasteiger partial charge in [0.05, 0.1) is 25.7 Å². The molecule has 0 spiro atoms. The number of rotatable bonds is 8. The number of carbonyl (C=O) groups is 1. The summed E-state index contributed by atoms with van der Waals surface area (Å²) in [4.78, 5) is 11.7. The van der Waals surface area contributed by atoms with Gasteiger partial charge in [0.25, 0.3) is 0 Å². The minimum Gasteiger partial charge on any atom is -0.490 e. The Hall–Kier alpha value is -2.48. The topological polar surface area (TPSA) is 71.3 Å². The Bertz CT molecular complexity index is 562. The average Bonchev–Trinajstić information content (AvgIpc) is 2.48. The number of nitriles is 1. The van der Waals surface area contributed by atoms with Gasteiger partial charge in [-0.1, -0.05) is 6.07 Å². The van der Waals surface area contributed by atoms with Crippen LogP contribution in [0.2, 0.25) is 0 Å². The fraction of sp³-hybridized carbons (Fsp3) is 0.412. The molecule has 0 heterocycles. The molecule has 0 fully saturated rings. The third kappa shape index (κ3) is 5.88. The number of hydrogen-bond donors (Lipinski definition) is 1. The SMILES string of the molecule is CCOc1ccc(/C=C/C(=O)N[C@H](C)CC#N)cc1OCC. The lowest BCUT2D eigenvalue weighted by molar-refractivity contribution is -0.116. The number of carbonyl (C=O) groups excluding carboxylic acids is 1. The fourth-order valence-electron chi connectivity index (χ4n) is 1.82. The fourth-order valence-corrected chi connectivity index (χ4v) is 1.82. The van der Waals surface area contributed by atoms with E-state index in [9.17, 15) is 4.79 Å². The van der Waals surface area contributed by atoms with Crippen molar-refractivity contribution in [1.82, 2.24) is 5.32 Å². The van der Waals surface area contributed by atoms with Crippen LogP contribution in [0.1, 0.15) is 32.8 Å². The lowest BCUT2D eigenvalue weighted by Gasteiger charge is -2.11. The minimum absolute atomic E-state index is 0.165. The molecule has 5 nitrogen and oxygen atoms in total. The lowest BCUT2D eigenvalue weighted by Crippen LogP contribution is -2.30. The van der Waals surface area contributed by atoms with E-state index in [0.29, 0.717) is 24.7 Å². The highest BCUT2D eigenvalue weighted by Gasteiger charge is 2.06. The number of benzene rings is 1. The van der Waals surface area contributed by atoms with Crippen LogP contribution in [0.4, 0.5) is 0 Å². The summed E-state index contributed by atoms with van der Waals surface area (Å²) in [7, 11) is 0. The summed E-state index contributed by atoms with van der Waals surface area (Å²) in [5, 5.41) is 11.3. The zero-order valence-electron chi connectivity index (χ0n) is 13.3. The summed E-state index contributed by atoms with van der Waals surface area (Å²) in [5.41, 5.74) is 0.843. The van der Waals surface area contributed by atoms with Crippen molar-refractivity contribution < 1.29 is 14.3 Å². The summed E-state index contributed by atoms with van der Waals surface area (Å²) in [5.74, 6) is 1.12. The van der Waals surface area contributed by atoms with E-state index in [1.165, 1.54) is 6.08 Å². The van der Waals surface area contributed by atoms with Gasteiger partial charge in [-0.3, -0.25) is 4.79 Å². The van der Waals surface area contributed by atoms with Gasteiger partial charge in [-0.2, -0.15) is 5.26 Å². The van der Waals surface area contributed by atoms with Crippen molar-refractivity contribution in [2.24, 2.45) is 0 Å². The Morgan fingerprint density at radius 2 is 2.00 bits per heavy atom. The van der Waals surface area contributed by atoms with E-state index in [4.69, 9.17) is 14.7 Å². The summed E-state index contributed by atoms with van der Waals surface area (Å²) in [6.07, 6.45) is 3.43. The van der Waals surface area contributed by atoms with Gasteiger partial charge in [0, 0.05) is 12.1 Å². The van der Waals surface area contributed by atoms with E-state index in [-0.39, 0.29) is 18.4 Å². The maximum Gasteiger partial charge on any atom is 0.244 e. The molecule has 1 amide bonds. The molecule has 22 heavy (non-hydrogen) atoms. The predicted molar refractivity (Wildman–Crippen MR) is 85.6 cm³/mol. The number of hydrogen-bond acceptors (Lipinski definition) is 4. The van der Waals surface area contributed by atoms with Crippen LogP contribution in [0.25, 0.3) is 6.08 Å². The normalized spacial score (nSPS) is 11.7. The van der Waals surface area contributed by atoms with Gasteiger partial charge in [0.2, 0.25) is 5.91 Å². The first-order valence-corrected chi connectivity index (χ1v) is 7.35. The number of amides is 1. The molecule has 118 valence electrons. The van der Waals surface area contributed by atoms with Gasteiger partial charge >= 0.3 is 0 Å². The Balaban J connectivity index is 2.76. The third-order valence-corrected chi connectivity index (χ3v) is 2.78. The molecule has 0 aliphatic carbocycles. The highest BCUT2D eigenvalue weighted by Crippen LogP contribution is 2.28. The molecule has 0 aliphatic heterocycles. The van der Waals surface area contributed by atoms with Crippen LogP contribution in [0.5, 0.6) is 11.5 Å². The van der Waals surface area contributed by atoms with Gasteiger partial charge in [-0.15, -0.1) is 0 Å². The average molecular weight is 302 g/mol. The second-order valence-electron chi connectivity index (χ2n) is 4.68. The number of ether oxygens (including phenoxy) is 2. The van der Waals surface area contributed by atoms with Crippen molar-refractivity contribution in [3.05, 3.63) is 29.8 Å². The molecular weight excluding hydrogens is 280 g/mol. The Morgan fingerprint density at radius 3 is 2.64 bits per heavy atom. The molecule has 1 aromatic rings.